The third-order valence-corrected chi connectivity index (χ3v) is 3.17. The molecule has 4 heteroatoms. The zero-order valence-corrected chi connectivity index (χ0v) is 8.35. The Morgan fingerprint density at radius 3 is 2.50 bits per heavy atom. The molecule has 3 nitrogen and oxygen atoms in total. The molecule has 1 N–H and O–H groups in total. The van der Waals surface area contributed by atoms with Crippen molar-refractivity contribution in [3.05, 3.63) is 0 Å². The summed E-state index contributed by atoms with van der Waals surface area (Å²) < 4.78 is 19.2. The van der Waals surface area contributed by atoms with Gasteiger partial charge in [-0.25, -0.2) is 4.21 Å². The minimum absolute atomic E-state index is 0.260. The first kappa shape index (κ1) is 10.2. The van der Waals surface area contributed by atoms with Crippen molar-refractivity contribution in [3.8, 4) is 0 Å². The fraction of sp³-hybridized carbons (Fsp3) is 1.00. The van der Waals surface area contributed by atoms with E-state index in [4.69, 9.17) is 4.55 Å². The largest absolute Gasteiger partial charge is 0.306 e. The van der Waals surface area contributed by atoms with Gasteiger partial charge in [0.15, 0.2) is 11.1 Å². The monoisotopic (exact) mass is 191 g/mol. The van der Waals surface area contributed by atoms with E-state index in [-0.39, 0.29) is 6.04 Å². The Balaban J connectivity index is 2.29. The molecule has 0 radical (unpaired) electrons. The topological polar surface area (TPSA) is 40.5 Å². The van der Waals surface area contributed by atoms with Gasteiger partial charge in [0.1, 0.15) is 0 Å². The molecule has 1 rings (SSSR count). The van der Waals surface area contributed by atoms with Crippen molar-refractivity contribution in [1.82, 2.24) is 4.90 Å². The number of hydrogen-bond acceptors (Lipinski definition) is 2. The van der Waals surface area contributed by atoms with Crippen molar-refractivity contribution in [2.24, 2.45) is 0 Å². The molecule has 0 aromatic heterocycles. The van der Waals surface area contributed by atoms with Gasteiger partial charge < -0.3 is 4.55 Å². The molecule has 2 unspecified atom stereocenters. The number of rotatable bonds is 3. The Labute approximate surface area is 76.4 Å². The predicted molar refractivity (Wildman–Crippen MR) is 50.5 cm³/mol. The van der Waals surface area contributed by atoms with E-state index in [0.29, 0.717) is 5.75 Å². The van der Waals surface area contributed by atoms with Crippen LogP contribution in [0.1, 0.15) is 26.2 Å². The molecule has 0 bridgehead atoms. The summed E-state index contributed by atoms with van der Waals surface area (Å²) in [4.78, 5) is 2.30. The number of piperidine rings is 1. The number of likely N-dealkylation sites (tertiary alicyclic amines) is 1. The first-order valence-electron chi connectivity index (χ1n) is 4.51. The minimum atomic E-state index is -1.64. The maximum absolute atomic E-state index is 10.5. The predicted octanol–water partition coefficient (Wildman–Crippen LogP) is 1.08. The van der Waals surface area contributed by atoms with E-state index in [1.807, 2.05) is 6.92 Å². The van der Waals surface area contributed by atoms with Crippen LogP contribution < -0.4 is 0 Å². The maximum atomic E-state index is 10.5. The average Bonchev–Trinajstić information content (AvgIpc) is 2.05. The van der Waals surface area contributed by atoms with E-state index >= 15 is 0 Å². The summed E-state index contributed by atoms with van der Waals surface area (Å²) in [6.07, 6.45) is 3.79. The fourth-order valence-corrected chi connectivity index (χ4v) is 2.29. The van der Waals surface area contributed by atoms with Crippen LogP contribution in [0.15, 0.2) is 0 Å². The van der Waals surface area contributed by atoms with Gasteiger partial charge in [-0.2, -0.15) is 0 Å². The second kappa shape index (κ2) is 4.94. The van der Waals surface area contributed by atoms with Crippen molar-refractivity contribution in [3.63, 3.8) is 0 Å². The molecule has 1 aliphatic heterocycles. The minimum Gasteiger partial charge on any atom is -0.306 e. The Bertz CT molecular complexity index is 157. The maximum Gasteiger partial charge on any atom is 0.154 e. The molecule has 0 aromatic rings. The lowest BCUT2D eigenvalue weighted by Crippen LogP contribution is -2.40. The van der Waals surface area contributed by atoms with Gasteiger partial charge in [0.25, 0.3) is 0 Å². The Morgan fingerprint density at radius 1 is 1.42 bits per heavy atom. The van der Waals surface area contributed by atoms with Gasteiger partial charge in [0.05, 0.1) is 5.75 Å². The zero-order chi connectivity index (χ0) is 8.97. The van der Waals surface area contributed by atoms with Crippen molar-refractivity contribution in [1.29, 1.82) is 0 Å². The summed E-state index contributed by atoms with van der Waals surface area (Å²) in [5.41, 5.74) is 0. The Morgan fingerprint density at radius 2 is 2.00 bits per heavy atom. The van der Waals surface area contributed by atoms with Crippen LogP contribution in [-0.4, -0.2) is 38.5 Å². The smallest absolute Gasteiger partial charge is 0.154 e. The van der Waals surface area contributed by atoms with Crippen LogP contribution in [0.25, 0.3) is 0 Å². The number of nitrogens with zero attached hydrogens (tertiary/aromatic N) is 1. The highest BCUT2D eigenvalue weighted by Gasteiger charge is 2.17. The molecular weight excluding hydrogens is 174 g/mol. The molecule has 0 saturated carbocycles. The van der Waals surface area contributed by atoms with Crippen LogP contribution in [-0.2, 0) is 11.1 Å². The molecule has 1 saturated heterocycles. The molecule has 72 valence electrons. The molecule has 2 atom stereocenters. The van der Waals surface area contributed by atoms with E-state index in [2.05, 4.69) is 4.90 Å². The van der Waals surface area contributed by atoms with Gasteiger partial charge in [-0.1, -0.05) is 6.42 Å². The van der Waals surface area contributed by atoms with Crippen LogP contribution in [0.5, 0.6) is 0 Å². The van der Waals surface area contributed by atoms with Gasteiger partial charge >= 0.3 is 0 Å². The first-order chi connectivity index (χ1) is 5.70. The molecule has 1 heterocycles. The standard InChI is InChI=1S/C8H17NO2S/c1-8(7-12(10)11)9-5-3-2-4-6-9/h8H,2-7H2,1H3,(H,10,11). The molecule has 0 amide bonds. The zero-order valence-electron chi connectivity index (χ0n) is 7.53. The van der Waals surface area contributed by atoms with Gasteiger partial charge in [0, 0.05) is 6.04 Å². The SMILES string of the molecule is CC(CS(=O)O)N1CCCCC1. The highest BCUT2D eigenvalue weighted by molar-refractivity contribution is 7.79. The second-order valence-electron chi connectivity index (χ2n) is 3.43. The lowest BCUT2D eigenvalue weighted by molar-refractivity contribution is 0.186. The molecule has 0 aromatic carbocycles. The Kier molecular flexibility index (Phi) is 4.18. The third-order valence-electron chi connectivity index (χ3n) is 2.40. The summed E-state index contributed by atoms with van der Waals surface area (Å²) in [6.45, 7) is 4.22. The van der Waals surface area contributed by atoms with E-state index < -0.39 is 11.1 Å². The van der Waals surface area contributed by atoms with Crippen molar-refractivity contribution in [2.45, 2.75) is 32.2 Å². The molecule has 1 fully saturated rings. The molecule has 0 spiro atoms. The lowest BCUT2D eigenvalue weighted by atomic mass is 10.1. The van der Waals surface area contributed by atoms with Gasteiger partial charge in [-0.3, -0.25) is 4.90 Å². The summed E-state index contributed by atoms with van der Waals surface area (Å²) in [6, 6.07) is 0.260. The van der Waals surface area contributed by atoms with Crippen LogP contribution in [0.4, 0.5) is 0 Å². The van der Waals surface area contributed by atoms with Crippen molar-refractivity contribution < 1.29 is 8.76 Å². The van der Waals surface area contributed by atoms with E-state index in [1.165, 1.54) is 19.3 Å². The van der Waals surface area contributed by atoms with Gasteiger partial charge in [-0.05, 0) is 32.9 Å². The third kappa shape index (κ3) is 3.21. The van der Waals surface area contributed by atoms with E-state index in [1.54, 1.807) is 0 Å². The first-order valence-corrected chi connectivity index (χ1v) is 5.79. The summed E-state index contributed by atoms with van der Waals surface area (Å²) >= 11 is -1.64. The van der Waals surface area contributed by atoms with Crippen LogP contribution in [0, 0.1) is 0 Å². The fourth-order valence-electron chi connectivity index (χ4n) is 1.67. The summed E-state index contributed by atoms with van der Waals surface area (Å²) in [7, 11) is 0. The lowest BCUT2D eigenvalue weighted by Gasteiger charge is -2.31. The van der Waals surface area contributed by atoms with Crippen LogP contribution in [0.2, 0.25) is 0 Å². The van der Waals surface area contributed by atoms with E-state index in [9.17, 15) is 4.21 Å². The highest BCUT2D eigenvalue weighted by Crippen LogP contribution is 2.12. The summed E-state index contributed by atoms with van der Waals surface area (Å²) in [5.74, 6) is 0.389. The molecule has 0 aliphatic carbocycles. The normalized spacial score (nSPS) is 25.2. The Hall–Kier alpha value is 0.0700. The van der Waals surface area contributed by atoms with Crippen molar-refractivity contribution in [2.75, 3.05) is 18.8 Å². The quantitative estimate of drug-likeness (QED) is 0.679. The highest BCUT2D eigenvalue weighted by atomic mass is 32.2. The average molecular weight is 191 g/mol. The second-order valence-corrected chi connectivity index (χ2v) is 4.41. The molecule has 1 aliphatic rings. The van der Waals surface area contributed by atoms with Crippen LogP contribution >= 0.6 is 0 Å². The molecular formula is C8H17NO2S. The van der Waals surface area contributed by atoms with Crippen molar-refractivity contribution >= 4 is 11.1 Å². The number of hydrogen-bond donors (Lipinski definition) is 1. The summed E-state index contributed by atoms with van der Waals surface area (Å²) in [5, 5.41) is 0. The van der Waals surface area contributed by atoms with Gasteiger partial charge in [-0.15, -0.1) is 0 Å². The van der Waals surface area contributed by atoms with E-state index in [0.717, 1.165) is 13.1 Å². The van der Waals surface area contributed by atoms with Gasteiger partial charge in [0.2, 0.25) is 0 Å². The molecule has 12 heavy (non-hydrogen) atoms. The van der Waals surface area contributed by atoms with Crippen LogP contribution in [0.3, 0.4) is 0 Å².